The predicted molar refractivity (Wildman–Crippen MR) is 80.5 cm³/mol. The van der Waals surface area contributed by atoms with Crippen LogP contribution in [0.4, 0.5) is 0 Å². The van der Waals surface area contributed by atoms with E-state index in [1.54, 1.807) is 0 Å². The molecule has 0 unspecified atom stereocenters. The molecule has 2 atom stereocenters. The first-order valence-corrected chi connectivity index (χ1v) is 8.06. The fourth-order valence-corrected chi connectivity index (χ4v) is 3.54. The molecule has 110 valence electrons. The van der Waals surface area contributed by atoms with Crippen molar-refractivity contribution < 1.29 is 9.47 Å². The number of pyridine rings is 1. The van der Waals surface area contributed by atoms with E-state index in [1.165, 1.54) is 5.56 Å². The monoisotopic (exact) mass is 340 g/mol. The summed E-state index contributed by atoms with van der Waals surface area (Å²) in [5.41, 5.74) is 1.16. The Balaban J connectivity index is 1.71. The maximum atomic E-state index is 6.28. The molecule has 20 heavy (non-hydrogen) atoms. The normalized spacial score (nSPS) is 31.0. The highest BCUT2D eigenvalue weighted by atomic mass is 79.9. The maximum absolute atomic E-state index is 6.28. The Kier molecular flexibility index (Phi) is 4.40. The molecule has 3 heterocycles. The van der Waals surface area contributed by atoms with Gasteiger partial charge in [-0.05, 0) is 34.0 Å². The molecular formula is C15H21BrN2O2. The molecule has 2 aliphatic heterocycles. The number of aromatic nitrogens is 1. The molecule has 2 saturated heterocycles. The van der Waals surface area contributed by atoms with Gasteiger partial charge in [-0.3, -0.25) is 9.88 Å². The number of morpholine rings is 1. The lowest BCUT2D eigenvalue weighted by Gasteiger charge is -2.43. The minimum Gasteiger partial charge on any atom is -0.378 e. The summed E-state index contributed by atoms with van der Waals surface area (Å²) in [6.07, 6.45) is 6.14. The van der Waals surface area contributed by atoms with Gasteiger partial charge in [-0.2, -0.15) is 0 Å². The first kappa shape index (κ1) is 14.4. The molecule has 0 radical (unpaired) electrons. The number of hydrogen-bond donors (Lipinski definition) is 0. The van der Waals surface area contributed by atoms with E-state index in [4.69, 9.17) is 9.47 Å². The van der Waals surface area contributed by atoms with Gasteiger partial charge in [0.2, 0.25) is 0 Å². The number of nitrogens with zero attached hydrogens (tertiary/aromatic N) is 2. The quantitative estimate of drug-likeness (QED) is 0.847. The van der Waals surface area contributed by atoms with Crippen molar-refractivity contribution in [3.05, 3.63) is 28.5 Å². The lowest BCUT2D eigenvalue weighted by Crippen LogP contribution is -2.55. The van der Waals surface area contributed by atoms with Crippen molar-refractivity contribution in [2.45, 2.75) is 38.0 Å². The van der Waals surface area contributed by atoms with Gasteiger partial charge in [0.25, 0.3) is 0 Å². The second kappa shape index (κ2) is 6.10. The lowest BCUT2D eigenvalue weighted by molar-refractivity contribution is -0.156. The Morgan fingerprint density at radius 2 is 2.40 bits per heavy atom. The summed E-state index contributed by atoms with van der Waals surface area (Å²) in [6.45, 7) is 6.62. The van der Waals surface area contributed by atoms with Crippen LogP contribution in [-0.2, 0) is 16.0 Å². The molecule has 0 aromatic carbocycles. The van der Waals surface area contributed by atoms with Gasteiger partial charge in [0.1, 0.15) is 5.60 Å². The maximum Gasteiger partial charge on any atom is 0.107 e. The van der Waals surface area contributed by atoms with Crippen molar-refractivity contribution in [1.29, 1.82) is 0 Å². The van der Waals surface area contributed by atoms with Crippen LogP contribution in [0.15, 0.2) is 22.9 Å². The Morgan fingerprint density at radius 1 is 1.50 bits per heavy atom. The van der Waals surface area contributed by atoms with Crippen molar-refractivity contribution in [2.75, 3.05) is 26.3 Å². The fraction of sp³-hybridized carbons (Fsp3) is 0.667. The molecule has 5 heteroatoms. The van der Waals surface area contributed by atoms with Crippen molar-refractivity contribution in [2.24, 2.45) is 0 Å². The zero-order valence-corrected chi connectivity index (χ0v) is 13.4. The van der Waals surface area contributed by atoms with E-state index in [2.05, 4.69) is 38.8 Å². The SMILES string of the molecule is CC[C@@H]1CN(Cc2cncc(Br)c2)C[C@@]2(CCOC2)O1. The third-order valence-corrected chi connectivity index (χ3v) is 4.51. The van der Waals surface area contributed by atoms with Gasteiger partial charge in [0, 0.05) is 49.5 Å². The van der Waals surface area contributed by atoms with Gasteiger partial charge in [0.15, 0.2) is 0 Å². The molecule has 0 aliphatic carbocycles. The van der Waals surface area contributed by atoms with Crippen LogP contribution in [0.5, 0.6) is 0 Å². The van der Waals surface area contributed by atoms with Crippen molar-refractivity contribution in [3.63, 3.8) is 0 Å². The number of rotatable bonds is 3. The smallest absolute Gasteiger partial charge is 0.107 e. The summed E-state index contributed by atoms with van der Waals surface area (Å²) in [7, 11) is 0. The molecule has 2 aliphatic rings. The highest BCUT2D eigenvalue weighted by molar-refractivity contribution is 9.10. The van der Waals surface area contributed by atoms with Crippen LogP contribution < -0.4 is 0 Å². The summed E-state index contributed by atoms with van der Waals surface area (Å²) < 4.78 is 12.9. The van der Waals surface area contributed by atoms with Gasteiger partial charge in [-0.25, -0.2) is 0 Å². The number of halogens is 1. The predicted octanol–water partition coefficient (Wildman–Crippen LogP) is 2.61. The molecule has 0 bridgehead atoms. The van der Waals surface area contributed by atoms with Crippen molar-refractivity contribution >= 4 is 15.9 Å². The molecule has 0 N–H and O–H groups in total. The van der Waals surface area contributed by atoms with Gasteiger partial charge >= 0.3 is 0 Å². The summed E-state index contributed by atoms with van der Waals surface area (Å²) in [6, 6.07) is 2.14. The van der Waals surface area contributed by atoms with Gasteiger partial charge < -0.3 is 9.47 Å². The second-order valence-corrected chi connectivity index (χ2v) is 6.73. The van der Waals surface area contributed by atoms with E-state index in [0.29, 0.717) is 6.10 Å². The topological polar surface area (TPSA) is 34.6 Å². The minimum atomic E-state index is -0.0850. The molecular weight excluding hydrogens is 320 g/mol. The standard InChI is InChI=1S/C15H21BrN2O2/c1-2-14-9-18(8-12-5-13(16)7-17-6-12)10-15(20-14)3-4-19-11-15/h5-7,14H,2-4,8-11H2,1H3/t14-,15-/m1/s1. The van der Waals surface area contributed by atoms with E-state index in [-0.39, 0.29) is 5.60 Å². The van der Waals surface area contributed by atoms with E-state index < -0.39 is 0 Å². The molecule has 4 nitrogen and oxygen atoms in total. The summed E-state index contributed by atoms with van der Waals surface area (Å²) in [4.78, 5) is 6.73. The van der Waals surface area contributed by atoms with Crippen LogP contribution in [0.2, 0.25) is 0 Å². The van der Waals surface area contributed by atoms with Crippen LogP contribution in [0.3, 0.4) is 0 Å². The van der Waals surface area contributed by atoms with Crippen LogP contribution in [0.1, 0.15) is 25.3 Å². The molecule has 1 aromatic rings. The number of ether oxygens (including phenoxy) is 2. The van der Waals surface area contributed by atoms with Crippen LogP contribution in [-0.4, -0.2) is 47.9 Å². The average Bonchev–Trinajstić information content (AvgIpc) is 2.86. The first-order valence-electron chi connectivity index (χ1n) is 7.26. The van der Waals surface area contributed by atoms with E-state index in [0.717, 1.165) is 50.2 Å². The third kappa shape index (κ3) is 3.22. The molecule has 1 aromatic heterocycles. The first-order chi connectivity index (χ1) is 9.69. The Labute approximate surface area is 128 Å². The van der Waals surface area contributed by atoms with Gasteiger partial charge in [-0.1, -0.05) is 6.92 Å². The Morgan fingerprint density at radius 3 is 3.10 bits per heavy atom. The highest BCUT2D eigenvalue weighted by Gasteiger charge is 2.43. The molecule has 0 saturated carbocycles. The Bertz CT molecular complexity index is 463. The molecule has 1 spiro atoms. The van der Waals surface area contributed by atoms with E-state index in [9.17, 15) is 0 Å². The average molecular weight is 341 g/mol. The van der Waals surface area contributed by atoms with Crippen LogP contribution >= 0.6 is 15.9 Å². The van der Waals surface area contributed by atoms with Gasteiger partial charge in [-0.15, -0.1) is 0 Å². The van der Waals surface area contributed by atoms with Crippen LogP contribution in [0, 0.1) is 0 Å². The number of hydrogen-bond acceptors (Lipinski definition) is 4. The van der Waals surface area contributed by atoms with Crippen molar-refractivity contribution in [3.8, 4) is 0 Å². The van der Waals surface area contributed by atoms with Gasteiger partial charge in [0.05, 0.1) is 12.7 Å². The largest absolute Gasteiger partial charge is 0.378 e. The lowest BCUT2D eigenvalue weighted by atomic mass is 9.98. The third-order valence-electron chi connectivity index (χ3n) is 4.08. The summed E-state index contributed by atoms with van der Waals surface area (Å²) in [5.74, 6) is 0. The van der Waals surface area contributed by atoms with E-state index in [1.807, 2.05) is 12.4 Å². The van der Waals surface area contributed by atoms with E-state index >= 15 is 0 Å². The molecule has 2 fully saturated rings. The minimum absolute atomic E-state index is 0.0850. The zero-order chi connectivity index (χ0) is 14.0. The fourth-order valence-electron chi connectivity index (χ4n) is 3.13. The molecule has 3 rings (SSSR count). The zero-order valence-electron chi connectivity index (χ0n) is 11.8. The van der Waals surface area contributed by atoms with Crippen molar-refractivity contribution in [1.82, 2.24) is 9.88 Å². The molecule has 0 amide bonds. The summed E-state index contributed by atoms with van der Waals surface area (Å²) >= 11 is 3.49. The summed E-state index contributed by atoms with van der Waals surface area (Å²) in [5, 5.41) is 0. The van der Waals surface area contributed by atoms with Crippen LogP contribution in [0.25, 0.3) is 0 Å². The Hall–Kier alpha value is -0.490. The highest BCUT2D eigenvalue weighted by Crippen LogP contribution is 2.31. The second-order valence-electron chi connectivity index (χ2n) is 5.81.